The van der Waals surface area contributed by atoms with Gasteiger partial charge in [-0.3, -0.25) is 0 Å². The minimum Gasteiger partial charge on any atom is -0.353 e. The molecule has 3 rings (SSSR count). The Balaban J connectivity index is 2.25. The molecule has 0 unspecified atom stereocenters. The molecule has 0 fully saturated rings. The summed E-state index contributed by atoms with van der Waals surface area (Å²) in [6.45, 7) is 0. The lowest BCUT2D eigenvalue weighted by Crippen LogP contribution is -2.06. The Kier molecular flexibility index (Phi) is 4.59. The summed E-state index contributed by atoms with van der Waals surface area (Å²) in [5.41, 5.74) is 2.47. The van der Waals surface area contributed by atoms with Crippen molar-refractivity contribution in [2.24, 2.45) is 0 Å². The Labute approximate surface area is 164 Å². The third-order valence-electron chi connectivity index (χ3n) is 2.58. The molecule has 0 saturated heterocycles. The summed E-state index contributed by atoms with van der Waals surface area (Å²) < 4.78 is 5.35. The van der Waals surface area contributed by atoms with E-state index in [0.29, 0.717) is 0 Å². The van der Waals surface area contributed by atoms with Crippen LogP contribution in [0.2, 0.25) is 0 Å². The van der Waals surface area contributed by atoms with E-state index in [9.17, 15) is 0 Å². The Bertz CT molecular complexity index is 601. The van der Waals surface area contributed by atoms with Gasteiger partial charge in [-0.25, -0.2) is 0 Å². The van der Waals surface area contributed by atoms with Gasteiger partial charge in [0.25, 0.3) is 0 Å². The second-order valence-electron chi connectivity index (χ2n) is 3.68. The summed E-state index contributed by atoms with van der Waals surface area (Å²) in [5.74, 6) is 0. The highest BCUT2D eigenvalue weighted by Crippen LogP contribution is 2.50. The molecule has 1 aliphatic heterocycles. The predicted octanol–water partition coefficient (Wildman–Crippen LogP) is 6.31. The van der Waals surface area contributed by atoms with Crippen LogP contribution < -0.4 is 5.32 Å². The van der Waals surface area contributed by atoms with Gasteiger partial charge in [0.2, 0.25) is 0 Å². The van der Waals surface area contributed by atoms with E-state index >= 15 is 0 Å². The van der Waals surface area contributed by atoms with Crippen LogP contribution in [0.15, 0.2) is 34.1 Å². The van der Waals surface area contributed by atoms with Crippen molar-refractivity contribution in [3.8, 4) is 0 Å². The van der Waals surface area contributed by atoms with Gasteiger partial charge in [-0.2, -0.15) is 0 Å². The fourth-order valence-electron chi connectivity index (χ4n) is 1.72. The highest BCUT2D eigenvalue weighted by atomic mass is 127. The van der Waals surface area contributed by atoms with Crippen LogP contribution in [-0.4, -0.2) is 0 Å². The smallest absolute Gasteiger partial charge is 0.0684 e. The summed E-state index contributed by atoms with van der Waals surface area (Å²) in [6, 6.07) is 8.48. The van der Waals surface area contributed by atoms with Crippen LogP contribution in [0.4, 0.5) is 11.4 Å². The summed E-state index contributed by atoms with van der Waals surface area (Å²) in [5, 5.41) is 3.58. The Hall–Kier alpha value is 1.51. The highest BCUT2D eigenvalue weighted by molar-refractivity contribution is 14.1. The quantitative estimate of drug-likeness (QED) is 0.168. The zero-order valence-corrected chi connectivity index (χ0v) is 18.2. The molecule has 0 bridgehead atoms. The topological polar surface area (TPSA) is 12.0 Å². The van der Waals surface area contributed by atoms with Crippen molar-refractivity contribution in [2.75, 3.05) is 5.32 Å². The van der Waals surface area contributed by atoms with Gasteiger partial charge in [-0.15, -0.1) is 0 Å². The lowest BCUT2D eigenvalue weighted by atomic mass is 10.2. The molecule has 0 amide bonds. The normalized spacial score (nSPS) is 12.7. The van der Waals surface area contributed by atoms with Gasteiger partial charge < -0.3 is 5.32 Å². The zero-order valence-electron chi connectivity index (χ0n) is 8.73. The van der Waals surface area contributed by atoms with Crippen LogP contribution in [0.5, 0.6) is 0 Å². The van der Waals surface area contributed by atoms with Gasteiger partial charge in [0, 0.05) is 15.6 Å². The van der Waals surface area contributed by atoms with Gasteiger partial charge in [0.05, 0.1) is 19.8 Å². The lowest BCUT2D eigenvalue weighted by Gasteiger charge is -2.24. The number of rotatable bonds is 0. The van der Waals surface area contributed by atoms with Crippen molar-refractivity contribution in [1.29, 1.82) is 0 Å². The molecule has 1 N–H and O–H groups in total. The molecular weight excluding hydrogens is 698 g/mol. The maximum absolute atomic E-state index is 3.58. The van der Waals surface area contributed by atoms with Crippen molar-refractivity contribution < 1.29 is 0 Å². The number of para-hydroxylation sites is 1. The zero-order chi connectivity index (χ0) is 12.9. The van der Waals surface area contributed by atoms with Crippen LogP contribution in [-0.2, 0) is 0 Å². The second-order valence-corrected chi connectivity index (χ2v) is 9.05. The Morgan fingerprint density at radius 2 is 1.50 bits per heavy atom. The fourth-order valence-corrected chi connectivity index (χ4v) is 6.79. The van der Waals surface area contributed by atoms with E-state index in [4.69, 9.17) is 0 Å². The molecule has 1 aliphatic rings. The SMILES string of the molecule is Ic1c(I)c(I)c2c(c1I)Nc1ccccc1S2. The fraction of sp³-hybridized carbons (Fsp3) is 0. The number of anilines is 2. The molecule has 2 aromatic carbocycles. The molecule has 1 heterocycles. The molecule has 2 aromatic rings. The van der Waals surface area contributed by atoms with E-state index in [1.54, 1.807) is 0 Å². The van der Waals surface area contributed by atoms with Gasteiger partial charge >= 0.3 is 0 Å². The second kappa shape index (κ2) is 5.72. The predicted molar refractivity (Wildman–Crippen MR) is 111 cm³/mol. The van der Waals surface area contributed by atoms with E-state index < -0.39 is 0 Å². The first-order chi connectivity index (χ1) is 8.59. The van der Waals surface area contributed by atoms with Crippen molar-refractivity contribution >= 4 is 114 Å². The number of hydrogen-bond donors (Lipinski definition) is 1. The molecule has 0 spiro atoms. The maximum atomic E-state index is 3.58. The summed E-state index contributed by atoms with van der Waals surface area (Å²) >= 11 is 11.6. The minimum atomic E-state index is 1.21. The van der Waals surface area contributed by atoms with Crippen LogP contribution >= 0.6 is 102 Å². The van der Waals surface area contributed by atoms with Gasteiger partial charge in [-0.05, 0) is 102 Å². The number of nitrogens with one attached hydrogen (secondary N) is 1. The van der Waals surface area contributed by atoms with Crippen molar-refractivity contribution in [2.45, 2.75) is 9.79 Å². The number of halogens is 4. The molecule has 18 heavy (non-hydrogen) atoms. The maximum Gasteiger partial charge on any atom is 0.0684 e. The third kappa shape index (κ3) is 2.41. The third-order valence-corrected chi connectivity index (χ3v) is 11.5. The van der Waals surface area contributed by atoms with Crippen molar-refractivity contribution in [3.05, 3.63) is 38.5 Å². The van der Waals surface area contributed by atoms with Crippen molar-refractivity contribution in [1.82, 2.24) is 0 Å². The molecule has 0 aliphatic carbocycles. The van der Waals surface area contributed by atoms with E-state index in [0.717, 1.165) is 0 Å². The van der Waals surface area contributed by atoms with E-state index in [1.807, 2.05) is 11.8 Å². The summed E-state index contributed by atoms with van der Waals surface area (Å²) in [7, 11) is 0. The van der Waals surface area contributed by atoms with E-state index in [-0.39, 0.29) is 0 Å². The first-order valence-electron chi connectivity index (χ1n) is 4.99. The Morgan fingerprint density at radius 1 is 0.833 bits per heavy atom. The average molecular weight is 703 g/mol. The van der Waals surface area contributed by atoms with Gasteiger partial charge in [0.1, 0.15) is 0 Å². The molecule has 0 radical (unpaired) electrons. The molecule has 92 valence electrons. The summed E-state index contributed by atoms with van der Waals surface area (Å²) in [6.07, 6.45) is 0. The van der Waals surface area contributed by atoms with Crippen LogP contribution in [0.3, 0.4) is 0 Å². The molecule has 0 atom stereocenters. The number of fused-ring (bicyclic) bond motifs is 2. The first-order valence-corrected chi connectivity index (χ1v) is 10.1. The van der Waals surface area contributed by atoms with Gasteiger partial charge in [0.15, 0.2) is 0 Å². The lowest BCUT2D eigenvalue weighted by molar-refractivity contribution is 1.25. The monoisotopic (exact) mass is 703 g/mol. The van der Waals surface area contributed by atoms with E-state index in [2.05, 4.69) is 120 Å². The highest BCUT2D eigenvalue weighted by Gasteiger charge is 2.24. The number of hydrogen-bond acceptors (Lipinski definition) is 2. The molecule has 0 saturated carbocycles. The van der Waals surface area contributed by atoms with Gasteiger partial charge in [-0.1, -0.05) is 23.9 Å². The van der Waals surface area contributed by atoms with Crippen LogP contribution in [0.25, 0.3) is 0 Å². The molecule has 0 aromatic heterocycles. The minimum absolute atomic E-state index is 1.21. The van der Waals surface area contributed by atoms with Crippen LogP contribution in [0, 0.1) is 14.3 Å². The van der Waals surface area contributed by atoms with E-state index in [1.165, 1.54) is 35.4 Å². The van der Waals surface area contributed by atoms with Crippen LogP contribution in [0.1, 0.15) is 0 Å². The van der Waals surface area contributed by atoms with Crippen molar-refractivity contribution in [3.63, 3.8) is 0 Å². The summed E-state index contributed by atoms with van der Waals surface area (Å²) in [4.78, 5) is 2.65. The molecular formula is C12H5I4NS. The molecule has 6 heteroatoms. The largest absolute Gasteiger partial charge is 0.353 e. The average Bonchev–Trinajstić information content (AvgIpc) is 2.41. The standard InChI is InChI=1S/C12H5I4NS/c13-7-8(14)10(16)12-11(9(7)15)17-5-3-1-2-4-6(5)18-12/h1-4,17H. The number of benzene rings is 2. The first kappa shape index (κ1) is 14.4. The molecule has 1 nitrogen and oxygen atoms in total. The Morgan fingerprint density at radius 3 is 2.28 bits per heavy atom.